The zero-order valence-corrected chi connectivity index (χ0v) is 16.3. The largest absolute Gasteiger partial charge is 0.493 e. The number of carbonyl (C=O) groups excluding carboxylic acids is 1. The molecular formula is C19H17BrN4O3. The average molecular weight is 429 g/mol. The van der Waals surface area contributed by atoms with Gasteiger partial charge in [-0.05, 0) is 42.0 Å². The normalized spacial score (nSPS) is 10.8. The van der Waals surface area contributed by atoms with E-state index in [1.165, 1.54) is 0 Å². The number of amides is 1. The summed E-state index contributed by atoms with van der Waals surface area (Å²) in [5.41, 5.74) is 5.03. The minimum absolute atomic E-state index is 0.297. The Morgan fingerprint density at radius 2 is 1.96 bits per heavy atom. The van der Waals surface area contributed by atoms with E-state index in [9.17, 15) is 4.79 Å². The Kier molecular flexibility index (Phi) is 5.87. The van der Waals surface area contributed by atoms with Gasteiger partial charge in [-0.15, -0.1) is 0 Å². The molecule has 1 heterocycles. The molecular weight excluding hydrogens is 412 g/mol. The second-order valence-electron chi connectivity index (χ2n) is 5.49. The van der Waals surface area contributed by atoms with Crippen LogP contribution in [0.25, 0.3) is 11.3 Å². The fourth-order valence-corrected chi connectivity index (χ4v) is 2.81. The molecule has 0 spiro atoms. The molecule has 138 valence electrons. The van der Waals surface area contributed by atoms with Gasteiger partial charge in [-0.3, -0.25) is 9.89 Å². The van der Waals surface area contributed by atoms with Crippen LogP contribution in [0.4, 0.5) is 0 Å². The van der Waals surface area contributed by atoms with Crippen molar-refractivity contribution in [3.63, 3.8) is 0 Å². The third-order valence-corrected chi connectivity index (χ3v) is 4.22. The zero-order chi connectivity index (χ0) is 19.2. The molecule has 1 aromatic heterocycles. The second kappa shape index (κ2) is 8.50. The molecule has 0 radical (unpaired) electrons. The molecule has 0 aliphatic heterocycles. The van der Waals surface area contributed by atoms with Crippen LogP contribution in [-0.4, -0.2) is 36.5 Å². The number of hydrazone groups is 1. The maximum Gasteiger partial charge on any atom is 0.289 e. The quantitative estimate of drug-likeness (QED) is 0.463. The van der Waals surface area contributed by atoms with Gasteiger partial charge in [-0.2, -0.15) is 10.2 Å². The third kappa shape index (κ3) is 4.53. The summed E-state index contributed by atoms with van der Waals surface area (Å²) >= 11 is 3.38. The number of rotatable bonds is 6. The highest BCUT2D eigenvalue weighted by molar-refractivity contribution is 9.10. The molecule has 0 saturated heterocycles. The van der Waals surface area contributed by atoms with Crippen molar-refractivity contribution >= 4 is 28.1 Å². The molecule has 0 fully saturated rings. The molecule has 0 atom stereocenters. The molecule has 3 aromatic rings. The first kappa shape index (κ1) is 18.7. The van der Waals surface area contributed by atoms with Crippen LogP contribution in [0, 0.1) is 0 Å². The summed E-state index contributed by atoms with van der Waals surface area (Å²) in [6.07, 6.45) is 1.56. The number of nitrogens with one attached hydrogen (secondary N) is 2. The highest BCUT2D eigenvalue weighted by atomic mass is 79.9. The van der Waals surface area contributed by atoms with E-state index in [-0.39, 0.29) is 5.91 Å². The van der Waals surface area contributed by atoms with Crippen molar-refractivity contribution in [2.45, 2.75) is 0 Å². The highest BCUT2D eigenvalue weighted by Gasteiger charge is 2.12. The van der Waals surface area contributed by atoms with Crippen LogP contribution in [0.5, 0.6) is 11.5 Å². The minimum atomic E-state index is -0.388. The van der Waals surface area contributed by atoms with Gasteiger partial charge in [0.25, 0.3) is 5.91 Å². The van der Waals surface area contributed by atoms with Crippen LogP contribution < -0.4 is 14.9 Å². The molecule has 2 N–H and O–H groups in total. The Balaban J connectivity index is 1.70. The van der Waals surface area contributed by atoms with Crippen molar-refractivity contribution in [3.05, 3.63) is 64.3 Å². The van der Waals surface area contributed by atoms with Gasteiger partial charge in [0, 0.05) is 10.0 Å². The first-order valence-electron chi connectivity index (χ1n) is 7.97. The maximum atomic E-state index is 12.2. The Morgan fingerprint density at radius 1 is 1.15 bits per heavy atom. The average Bonchev–Trinajstić information content (AvgIpc) is 3.17. The number of aromatic nitrogens is 2. The lowest BCUT2D eigenvalue weighted by molar-refractivity contribution is 0.0950. The Labute approximate surface area is 164 Å². The number of aromatic amines is 1. The molecule has 0 bridgehead atoms. The summed E-state index contributed by atoms with van der Waals surface area (Å²) in [7, 11) is 3.14. The summed E-state index contributed by atoms with van der Waals surface area (Å²) < 4.78 is 11.4. The lowest BCUT2D eigenvalue weighted by Crippen LogP contribution is -2.17. The van der Waals surface area contributed by atoms with Crippen molar-refractivity contribution in [3.8, 4) is 22.8 Å². The molecule has 27 heavy (non-hydrogen) atoms. The van der Waals surface area contributed by atoms with Crippen LogP contribution in [0.1, 0.15) is 16.1 Å². The maximum absolute atomic E-state index is 12.2. The standard InChI is InChI=1S/C19H17BrN4O3/c1-26-17-7-6-13(9-18(17)27-2)15-10-16(23-22-15)19(25)24-21-11-12-4-3-5-14(20)8-12/h3-11H,1-2H3,(H,22,23)(H,24,25). The van der Waals surface area contributed by atoms with Crippen molar-refractivity contribution in [1.29, 1.82) is 0 Å². The van der Waals surface area contributed by atoms with Crippen LogP contribution in [0.15, 0.2) is 58.1 Å². The highest BCUT2D eigenvalue weighted by Crippen LogP contribution is 2.31. The van der Waals surface area contributed by atoms with Crippen LogP contribution in [0.3, 0.4) is 0 Å². The number of carbonyl (C=O) groups is 1. The predicted molar refractivity (Wildman–Crippen MR) is 106 cm³/mol. The van der Waals surface area contributed by atoms with E-state index in [1.54, 1.807) is 38.6 Å². The number of hydrogen-bond acceptors (Lipinski definition) is 5. The number of nitrogens with zero attached hydrogens (tertiary/aromatic N) is 2. The lowest BCUT2D eigenvalue weighted by Gasteiger charge is -2.08. The van der Waals surface area contributed by atoms with E-state index in [1.807, 2.05) is 30.3 Å². The third-order valence-electron chi connectivity index (χ3n) is 3.73. The van der Waals surface area contributed by atoms with Crippen molar-refractivity contribution in [1.82, 2.24) is 15.6 Å². The first-order valence-corrected chi connectivity index (χ1v) is 8.77. The molecule has 1 amide bonds. The molecule has 3 rings (SSSR count). The Bertz CT molecular complexity index is 985. The van der Waals surface area contributed by atoms with Gasteiger partial charge < -0.3 is 9.47 Å². The number of H-pyrrole nitrogens is 1. The number of ether oxygens (including phenoxy) is 2. The predicted octanol–water partition coefficient (Wildman–Crippen LogP) is 3.62. The van der Waals surface area contributed by atoms with Gasteiger partial charge in [0.15, 0.2) is 11.5 Å². The van der Waals surface area contributed by atoms with Gasteiger partial charge in [0.05, 0.1) is 26.1 Å². The second-order valence-corrected chi connectivity index (χ2v) is 6.41. The summed E-state index contributed by atoms with van der Waals surface area (Å²) in [5.74, 6) is 0.819. The van der Waals surface area contributed by atoms with E-state index in [4.69, 9.17) is 9.47 Å². The number of methoxy groups -OCH3 is 2. The summed E-state index contributed by atoms with van der Waals surface area (Å²) in [4.78, 5) is 12.2. The number of hydrogen-bond donors (Lipinski definition) is 2. The van der Waals surface area contributed by atoms with Gasteiger partial charge in [0.2, 0.25) is 0 Å². The van der Waals surface area contributed by atoms with Crippen molar-refractivity contribution in [2.24, 2.45) is 5.10 Å². The van der Waals surface area contributed by atoms with Gasteiger partial charge >= 0.3 is 0 Å². The summed E-state index contributed by atoms with van der Waals surface area (Å²) in [6, 6.07) is 14.6. The fourth-order valence-electron chi connectivity index (χ4n) is 2.39. The summed E-state index contributed by atoms with van der Waals surface area (Å²) in [6.45, 7) is 0. The molecule has 0 aliphatic rings. The smallest absolute Gasteiger partial charge is 0.289 e. The van der Waals surface area contributed by atoms with Gasteiger partial charge in [-0.25, -0.2) is 5.43 Å². The van der Waals surface area contributed by atoms with Crippen molar-refractivity contribution < 1.29 is 14.3 Å². The Hall–Kier alpha value is -3.13. The van der Waals surface area contributed by atoms with E-state index in [2.05, 4.69) is 36.7 Å². The molecule has 7 nitrogen and oxygen atoms in total. The van der Waals surface area contributed by atoms with Crippen LogP contribution >= 0.6 is 15.9 Å². The fraction of sp³-hybridized carbons (Fsp3) is 0.105. The van der Waals surface area contributed by atoms with E-state index in [0.717, 1.165) is 15.6 Å². The molecule has 0 unspecified atom stereocenters. The first-order chi connectivity index (χ1) is 13.1. The minimum Gasteiger partial charge on any atom is -0.493 e. The molecule has 8 heteroatoms. The van der Waals surface area contributed by atoms with E-state index in [0.29, 0.717) is 22.9 Å². The van der Waals surface area contributed by atoms with Gasteiger partial charge in [-0.1, -0.05) is 28.1 Å². The Morgan fingerprint density at radius 3 is 2.70 bits per heavy atom. The molecule has 0 aliphatic carbocycles. The van der Waals surface area contributed by atoms with E-state index < -0.39 is 0 Å². The number of benzene rings is 2. The van der Waals surface area contributed by atoms with Crippen LogP contribution in [0.2, 0.25) is 0 Å². The molecule has 0 saturated carbocycles. The van der Waals surface area contributed by atoms with Crippen molar-refractivity contribution in [2.75, 3.05) is 14.2 Å². The summed E-state index contributed by atoms with van der Waals surface area (Å²) in [5, 5.41) is 10.8. The topological polar surface area (TPSA) is 88.6 Å². The van der Waals surface area contributed by atoms with Crippen LogP contribution in [-0.2, 0) is 0 Å². The zero-order valence-electron chi connectivity index (χ0n) is 14.7. The SMILES string of the molecule is COc1ccc(-c2cc(C(=O)NN=Cc3cccc(Br)c3)[nH]n2)cc1OC. The van der Waals surface area contributed by atoms with Gasteiger partial charge in [0.1, 0.15) is 5.69 Å². The van der Waals surface area contributed by atoms with E-state index >= 15 is 0 Å². The lowest BCUT2D eigenvalue weighted by atomic mass is 10.1. The number of halogens is 1. The molecule has 2 aromatic carbocycles. The monoisotopic (exact) mass is 428 g/mol.